The van der Waals surface area contributed by atoms with Crippen LogP contribution in [-0.4, -0.2) is 4.57 Å². The Morgan fingerprint density at radius 2 is 1.07 bits per heavy atom. The van der Waals surface area contributed by atoms with Crippen molar-refractivity contribution in [2.24, 2.45) is 0 Å². The summed E-state index contributed by atoms with van der Waals surface area (Å²) in [4.78, 5) is 0. The van der Waals surface area contributed by atoms with E-state index < -0.39 is 0 Å². The van der Waals surface area contributed by atoms with E-state index >= 15 is 0 Å². The van der Waals surface area contributed by atoms with Gasteiger partial charge in [0.15, 0.2) is 11.4 Å². The Kier molecular flexibility index (Phi) is 3.52. The first-order valence-corrected chi connectivity index (χ1v) is 10.2. The van der Waals surface area contributed by atoms with E-state index in [1.165, 1.54) is 44.3 Å². The minimum Gasteiger partial charge on any atom is -0.284 e. The number of rotatable bonds is 0. The summed E-state index contributed by atoms with van der Waals surface area (Å²) < 4.78 is 5.11. The molecule has 6 rings (SSSR count). The van der Waals surface area contributed by atoms with Gasteiger partial charge in [-0.25, -0.2) is 0 Å². The Hall–Kier alpha value is -3.13. The monoisotopic (exact) mass is 363 g/mol. The second kappa shape index (κ2) is 6.20. The highest BCUT2D eigenvalue weighted by Gasteiger charge is 2.23. The van der Waals surface area contributed by atoms with E-state index in [0.29, 0.717) is 0 Å². The first-order valence-electron chi connectivity index (χ1n) is 10.2. The normalized spacial score (nSPS) is 17.9. The highest BCUT2D eigenvalue weighted by Crippen LogP contribution is 2.34. The van der Waals surface area contributed by atoms with Crippen LogP contribution in [-0.2, 0) is 32.4 Å². The number of hydrogen-bond acceptors (Lipinski definition) is 0. The van der Waals surface area contributed by atoms with E-state index in [-0.39, 0.29) is 0 Å². The molecule has 0 radical (unpaired) electrons. The van der Waals surface area contributed by atoms with Gasteiger partial charge in [-0.05, 0) is 30.0 Å². The maximum atomic E-state index is 2.58. The molecule has 0 unspecified atom stereocenters. The van der Waals surface area contributed by atoms with Crippen LogP contribution in [0.1, 0.15) is 22.5 Å². The van der Waals surface area contributed by atoms with E-state index in [9.17, 15) is 0 Å². The molecule has 0 saturated carbocycles. The summed E-state index contributed by atoms with van der Waals surface area (Å²) in [6.07, 6.45) is 13.3. The van der Waals surface area contributed by atoms with Crippen molar-refractivity contribution in [2.75, 3.05) is 0 Å². The van der Waals surface area contributed by atoms with Crippen LogP contribution in [0.5, 0.6) is 0 Å². The minimum absolute atomic E-state index is 0.876. The zero-order chi connectivity index (χ0) is 18.5. The summed E-state index contributed by atoms with van der Waals surface area (Å²) in [6, 6.07) is 20.4. The van der Waals surface area contributed by atoms with Crippen LogP contribution < -0.4 is 4.57 Å². The fourth-order valence-corrected chi connectivity index (χ4v) is 4.98. The van der Waals surface area contributed by atoms with Crippen molar-refractivity contribution in [1.82, 2.24) is 4.57 Å². The average molecular weight is 363 g/mol. The van der Waals surface area contributed by atoms with Gasteiger partial charge in [-0.1, -0.05) is 60.7 Å². The molecule has 2 bridgehead atoms. The lowest BCUT2D eigenvalue weighted by Gasteiger charge is -2.15. The second-order valence-corrected chi connectivity index (χ2v) is 7.89. The summed E-state index contributed by atoms with van der Waals surface area (Å²) in [5.41, 5.74) is 8.41. The van der Waals surface area contributed by atoms with Gasteiger partial charge in [-0.3, -0.25) is 4.57 Å². The molecule has 28 heavy (non-hydrogen) atoms. The van der Waals surface area contributed by atoms with Crippen LogP contribution in [0.15, 0.2) is 78.9 Å². The van der Waals surface area contributed by atoms with Gasteiger partial charge in [0.05, 0.1) is 23.9 Å². The topological polar surface area (TPSA) is 8.81 Å². The molecule has 0 aliphatic carbocycles. The Morgan fingerprint density at radius 3 is 1.64 bits per heavy atom. The van der Waals surface area contributed by atoms with Crippen molar-refractivity contribution in [2.45, 2.75) is 32.4 Å². The lowest BCUT2D eigenvalue weighted by atomic mass is 10.0. The quantitative estimate of drug-likeness (QED) is 0.310. The van der Waals surface area contributed by atoms with Gasteiger partial charge in [0.25, 0.3) is 0 Å². The van der Waals surface area contributed by atoms with Gasteiger partial charge in [0.2, 0.25) is 6.67 Å². The minimum atomic E-state index is 0.876. The number of benzene rings is 2. The Labute approximate surface area is 165 Å². The third-order valence-electron chi connectivity index (χ3n) is 6.29. The fraction of sp³-hybridized carbons (Fsp3) is 0.192. The number of para-hydroxylation sites is 2. The lowest BCUT2D eigenvalue weighted by Crippen LogP contribution is -2.45. The Morgan fingerprint density at radius 1 is 0.571 bits per heavy atom. The zero-order valence-corrected chi connectivity index (χ0v) is 15.9. The predicted molar refractivity (Wildman–Crippen MR) is 115 cm³/mol. The molecular weight excluding hydrogens is 340 g/mol. The van der Waals surface area contributed by atoms with E-state index in [1.807, 2.05) is 0 Å². The molecule has 136 valence electrons. The fourth-order valence-electron chi connectivity index (χ4n) is 4.98. The standard InChI is InChI=1S/C26H23N2/c1-3-12-21-14-7-15-22-13-4-2-9-20-11-6-17-24-23-16-5-10-19(8-1)25(23)28(26(20)24)18-27(21)22/h1-7,10-11,14-17H,8-9,12-13,18H2/q+1/b3-1-,4-2-. The SMILES string of the molecule is C1=C\Cc2cccc3[n+]2Cn2c4c(cccc4c4cccc(c42)C/C=C\C3)C/1. The van der Waals surface area contributed by atoms with Crippen LogP contribution in [0.3, 0.4) is 0 Å². The number of fused-ring (bicyclic) bond motifs is 1. The Balaban J connectivity index is 1.81. The van der Waals surface area contributed by atoms with Crippen molar-refractivity contribution in [3.05, 3.63) is 101 Å². The van der Waals surface area contributed by atoms with Crippen molar-refractivity contribution in [3.8, 4) is 0 Å². The van der Waals surface area contributed by atoms with Crippen molar-refractivity contribution in [3.63, 3.8) is 0 Å². The number of pyridine rings is 1. The third kappa shape index (κ3) is 2.31. The van der Waals surface area contributed by atoms with Crippen LogP contribution in [0.25, 0.3) is 21.8 Å². The van der Waals surface area contributed by atoms with Gasteiger partial charge in [-0.15, -0.1) is 0 Å². The van der Waals surface area contributed by atoms with Gasteiger partial charge in [-0.2, -0.15) is 4.57 Å². The van der Waals surface area contributed by atoms with E-state index in [4.69, 9.17) is 0 Å². The molecule has 2 aromatic carbocycles. The van der Waals surface area contributed by atoms with Crippen molar-refractivity contribution >= 4 is 21.8 Å². The van der Waals surface area contributed by atoms with Crippen LogP contribution in [0, 0.1) is 0 Å². The lowest BCUT2D eigenvalue weighted by molar-refractivity contribution is -0.713. The smallest absolute Gasteiger partial charge is 0.228 e. The molecule has 0 saturated heterocycles. The average Bonchev–Trinajstić information content (AvgIpc) is 3.05. The molecule has 0 atom stereocenters. The molecule has 2 nitrogen and oxygen atoms in total. The number of hydrogen-bond donors (Lipinski definition) is 0. The Bertz CT molecular complexity index is 1190. The van der Waals surface area contributed by atoms with E-state index in [0.717, 1.165) is 32.4 Å². The maximum Gasteiger partial charge on any atom is 0.228 e. The van der Waals surface area contributed by atoms with E-state index in [2.05, 4.69) is 88.0 Å². The molecule has 0 amide bonds. The molecular formula is C26H23N2+. The second-order valence-electron chi connectivity index (χ2n) is 7.89. The highest BCUT2D eigenvalue weighted by atomic mass is 15.2. The summed E-state index contributed by atoms with van der Waals surface area (Å²) in [5, 5.41) is 2.76. The summed E-state index contributed by atoms with van der Waals surface area (Å²) in [6.45, 7) is 0.876. The van der Waals surface area contributed by atoms with Crippen LogP contribution in [0.2, 0.25) is 0 Å². The van der Waals surface area contributed by atoms with Gasteiger partial charge in [0.1, 0.15) is 0 Å². The zero-order valence-electron chi connectivity index (χ0n) is 15.9. The summed E-state index contributed by atoms with van der Waals surface area (Å²) in [5.74, 6) is 0. The van der Waals surface area contributed by atoms with Crippen LogP contribution >= 0.6 is 0 Å². The van der Waals surface area contributed by atoms with Crippen molar-refractivity contribution < 1.29 is 4.57 Å². The number of nitrogens with zero attached hydrogens (tertiary/aromatic N) is 2. The summed E-state index contributed by atoms with van der Waals surface area (Å²) in [7, 11) is 0. The third-order valence-corrected chi connectivity index (χ3v) is 6.29. The van der Waals surface area contributed by atoms with Gasteiger partial charge >= 0.3 is 0 Å². The maximum absolute atomic E-state index is 2.58. The molecule has 4 aromatic rings. The molecule has 2 aromatic heterocycles. The van der Waals surface area contributed by atoms with Crippen molar-refractivity contribution in [1.29, 1.82) is 0 Å². The molecule has 4 heterocycles. The highest BCUT2D eigenvalue weighted by molar-refractivity contribution is 6.10. The van der Waals surface area contributed by atoms with Crippen LogP contribution in [0.4, 0.5) is 0 Å². The number of aromatic nitrogens is 2. The molecule has 0 N–H and O–H groups in total. The van der Waals surface area contributed by atoms with Gasteiger partial charge < -0.3 is 0 Å². The molecule has 2 aliphatic rings. The predicted octanol–water partition coefficient (Wildman–Crippen LogP) is 4.90. The largest absolute Gasteiger partial charge is 0.284 e. The van der Waals surface area contributed by atoms with Gasteiger partial charge in [0, 0.05) is 22.9 Å². The molecule has 2 aliphatic heterocycles. The molecule has 2 heteroatoms. The van der Waals surface area contributed by atoms with E-state index in [1.54, 1.807) is 0 Å². The molecule has 0 spiro atoms. The molecule has 0 fully saturated rings. The summed E-state index contributed by atoms with van der Waals surface area (Å²) >= 11 is 0. The first-order chi connectivity index (χ1) is 13.9. The first kappa shape index (κ1) is 15.9. The number of allylic oxidation sites excluding steroid dienone is 4.